The second-order valence-electron chi connectivity index (χ2n) is 5.64. The molecule has 2 N–H and O–H groups in total. The van der Waals surface area contributed by atoms with Gasteiger partial charge in [-0.2, -0.15) is 0 Å². The smallest absolute Gasteiger partial charge is 0.314 e. The van der Waals surface area contributed by atoms with Crippen molar-refractivity contribution in [2.45, 2.75) is 37.6 Å². The van der Waals surface area contributed by atoms with Crippen LogP contribution in [0.4, 0.5) is 4.39 Å². The highest BCUT2D eigenvalue weighted by Crippen LogP contribution is 2.39. The summed E-state index contributed by atoms with van der Waals surface area (Å²) in [5.41, 5.74) is -0.690. The number of halogens is 1. The van der Waals surface area contributed by atoms with Gasteiger partial charge in [0.1, 0.15) is 5.82 Å². The van der Waals surface area contributed by atoms with Gasteiger partial charge in [-0.25, -0.2) is 4.39 Å². The highest BCUT2D eigenvalue weighted by Gasteiger charge is 2.47. The minimum atomic E-state index is -0.989. The Morgan fingerprint density at radius 1 is 1.44 bits per heavy atom. The second kappa shape index (κ2) is 4.35. The summed E-state index contributed by atoms with van der Waals surface area (Å²) in [5.74, 6) is -1.26. The molecule has 2 rings (SSSR count). The number of nitrogens with one attached hydrogen (secondary N) is 1. The number of carbonyl (C=O) groups is 1. The third-order valence-electron chi connectivity index (χ3n) is 3.69. The molecule has 4 heteroatoms. The Hall–Kier alpha value is -1.42. The van der Waals surface area contributed by atoms with E-state index in [4.69, 9.17) is 0 Å². The number of aliphatic carboxylic acids is 1. The van der Waals surface area contributed by atoms with Gasteiger partial charge in [0.25, 0.3) is 0 Å². The first kappa shape index (κ1) is 13.0. The van der Waals surface area contributed by atoms with Crippen molar-refractivity contribution in [3.8, 4) is 0 Å². The summed E-state index contributed by atoms with van der Waals surface area (Å²) in [5, 5.41) is 12.9. The average Bonchev–Trinajstić information content (AvgIpc) is 2.27. The Bertz CT molecular complexity index is 473. The van der Waals surface area contributed by atoms with E-state index < -0.39 is 11.4 Å². The summed E-state index contributed by atoms with van der Waals surface area (Å²) >= 11 is 0. The van der Waals surface area contributed by atoms with E-state index in [0.717, 1.165) is 0 Å². The van der Waals surface area contributed by atoms with E-state index in [1.165, 1.54) is 12.1 Å². The Morgan fingerprint density at radius 2 is 2.17 bits per heavy atom. The molecular weight excluding hydrogens is 233 g/mol. The zero-order valence-corrected chi connectivity index (χ0v) is 10.7. The first-order valence-corrected chi connectivity index (χ1v) is 6.10. The number of piperidine rings is 1. The van der Waals surface area contributed by atoms with Crippen LogP contribution in [-0.2, 0) is 10.2 Å². The van der Waals surface area contributed by atoms with E-state index in [2.05, 4.69) is 5.32 Å². The van der Waals surface area contributed by atoms with Crippen molar-refractivity contribution in [1.82, 2.24) is 5.32 Å². The second-order valence-corrected chi connectivity index (χ2v) is 5.64. The SMILES string of the molecule is CC1(C)CC(C(=O)O)(c2cccc(F)c2)CCN1. The number of rotatable bonds is 2. The van der Waals surface area contributed by atoms with Gasteiger partial charge in [0.05, 0.1) is 5.41 Å². The monoisotopic (exact) mass is 251 g/mol. The van der Waals surface area contributed by atoms with Crippen molar-refractivity contribution in [3.63, 3.8) is 0 Å². The summed E-state index contributed by atoms with van der Waals surface area (Å²) in [4.78, 5) is 11.7. The molecule has 1 aromatic carbocycles. The van der Waals surface area contributed by atoms with Crippen molar-refractivity contribution < 1.29 is 14.3 Å². The molecule has 1 aliphatic heterocycles. The maximum absolute atomic E-state index is 13.3. The molecule has 0 radical (unpaired) electrons. The van der Waals surface area contributed by atoms with Crippen LogP contribution in [0, 0.1) is 5.82 Å². The van der Waals surface area contributed by atoms with Crippen molar-refractivity contribution in [2.75, 3.05) is 6.54 Å². The van der Waals surface area contributed by atoms with Crippen LogP contribution in [0.3, 0.4) is 0 Å². The van der Waals surface area contributed by atoms with Crippen LogP contribution >= 0.6 is 0 Å². The largest absolute Gasteiger partial charge is 0.481 e. The van der Waals surface area contributed by atoms with Gasteiger partial charge in [-0.3, -0.25) is 4.79 Å². The van der Waals surface area contributed by atoms with Crippen LogP contribution in [0.15, 0.2) is 24.3 Å². The lowest BCUT2D eigenvalue weighted by Crippen LogP contribution is -2.55. The van der Waals surface area contributed by atoms with Gasteiger partial charge in [0, 0.05) is 5.54 Å². The van der Waals surface area contributed by atoms with Crippen LogP contribution in [0.1, 0.15) is 32.3 Å². The molecular formula is C14H18FNO2. The highest BCUT2D eigenvalue weighted by atomic mass is 19.1. The standard InChI is InChI=1S/C14H18FNO2/c1-13(2)9-14(12(17)18,6-7-16-13)10-4-3-5-11(15)8-10/h3-5,8,16H,6-7,9H2,1-2H3,(H,17,18). The average molecular weight is 251 g/mol. The molecule has 0 spiro atoms. The fourth-order valence-corrected chi connectivity index (χ4v) is 2.86. The predicted molar refractivity (Wildman–Crippen MR) is 67.0 cm³/mol. The Balaban J connectivity index is 2.48. The maximum Gasteiger partial charge on any atom is 0.314 e. The first-order chi connectivity index (χ1) is 8.36. The predicted octanol–water partition coefficient (Wildman–Crippen LogP) is 2.31. The molecule has 0 bridgehead atoms. The highest BCUT2D eigenvalue weighted by molar-refractivity contribution is 5.81. The minimum absolute atomic E-state index is 0.261. The molecule has 98 valence electrons. The number of carboxylic acids is 1. The van der Waals surface area contributed by atoms with Crippen LogP contribution in [0.5, 0.6) is 0 Å². The lowest BCUT2D eigenvalue weighted by atomic mass is 9.67. The van der Waals surface area contributed by atoms with Gasteiger partial charge in [-0.05, 0) is 50.9 Å². The van der Waals surface area contributed by atoms with Crippen LogP contribution in [0.25, 0.3) is 0 Å². The summed E-state index contributed by atoms with van der Waals surface area (Å²) in [6.45, 7) is 4.57. The molecule has 0 saturated carbocycles. The topological polar surface area (TPSA) is 49.3 Å². The summed E-state index contributed by atoms with van der Waals surface area (Å²) in [6.07, 6.45) is 0.938. The van der Waals surface area contributed by atoms with E-state index in [1.54, 1.807) is 12.1 Å². The first-order valence-electron chi connectivity index (χ1n) is 6.10. The van der Waals surface area contributed by atoms with Gasteiger partial charge in [-0.15, -0.1) is 0 Å². The Morgan fingerprint density at radius 3 is 2.72 bits per heavy atom. The molecule has 1 saturated heterocycles. The summed E-state index contributed by atoms with van der Waals surface area (Å²) in [6, 6.07) is 5.96. The van der Waals surface area contributed by atoms with Crippen molar-refractivity contribution in [1.29, 1.82) is 0 Å². The number of benzene rings is 1. The minimum Gasteiger partial charge on any atom is -0.481 e. The molecule has 1 atom stereocenters. The Labute approximate surface area is 106 Å². The lowest BCUT2D eigenvalue weighted by Gasteiger charge is -2.43. The quantitative estimate of drug-likeness (QED) is 0.848. The number of hydrogen-bond acceptors (Lipinski definition) is 2. The maximum atomic E-state index is 13.3. The van der Waals surface area contributed by atoms with E-state index in [-0.39, 0.29) is 11.4 Å². The van der Waals surface area contributed by atoms with Crippen LogP contribution in [0.2, 0.25) is 0 Å². The van der Waals surface area contributed by atoms with Gasteiger partial charge < -0.3 is 10.4 Å². The molecule has 0 aliphatic carbocycles. The zero-order valence-electron chi connectivity index (χ0n) is 10.7. The third-order valence-corrected chi connectivity index (χ3v) is 3.69. The summed E-state index contributed by atoms with van der Waals surface area (Å²) < 4.78 is 13.3. The van der Waals surface area contributed by atoms with Crippen molar-refractivity contribution >= 4 is 5.97 Å². The molecule has 1 unspecified atom stereocenters. The zero-order chi connectivity index (χ0) is 13.4. The molecule has 1 fully saturated rings. The molecule has 18 heavy (non-hydrogen) atoms. The molecule has 1 aromatic rings. The molecule has 0 aromatic heterocycles. The Kier molecular flexibility index (Phi) is 3.15. The van der Waals surface area contributed by atoms with Gasteiger partial charge in [-0.1, -0.05) is 12.1 Å². The number of hydrogen-bond donors (Lipinski definition) is 2. The van der Waals surface area contributed by atoms with E-state index in [9.17, 15) is 14.3 Å². The van der Waals surface area contributed by atoms with E-state index in [1.807, 2.05) is 13.8 Å². The fraction of sp³-hybridized carbons (Fsp3) is 0.500. The van der Waals surface area contributed by atoms with E-state index in [0.29, 0.717) is 24.9 Å². The summed E-state index contributed by atoms with van der Waals surface area (Å²) in [7, 11) is 0. The molecule has 3 nitrogen and oxygen atoms in total. The van der Waals surface area contributed by atoms with Gasteiger partial charge in [0.15, 0.2) is 0 Å². The van der Waals surface area contributed by atoms with Crippen molar-refractivity contribution in [3.05, 3.63) is 35.6 Å². The van der Waals surface area contributed by atoms with E-state index >= 15 is 0 Å². The molecule has 1 aliphatic rings. The lowest BCUT2D eigenvalue weighted by molar-refractivity contribution is -0.146. The van der Waals surface area contributed by atoms with Crippen LogP contribution in [-0.4, -0.2) is 23.2 Å². The molecule has 1 heterocycles. The van der Waals surface area contributed by atoms with Gasteiger partial charge >= 0.3 is 5.97 Å². The third kappa shape index (κ3) is 2.25. The normalized spacial score (nSPS) is 26.8. The fourth-order valence-electron chi connectivity index (χ4n) is 2.86. The number of carboxylic acid groups (broad SMARTS) is 1. The van der Waals surface area contributed by atoms with Crippen LogP contribution < -0.4 is 5.32 Å². The van der Waals surface area contributed by atoms with Crippen molar-refractivity contribution in [2.24, 2.45) is 0 Å². The van der Waals surface area contributed by atoms with Gasteiger partial charge in [0.2, 0.25) is 0 Å². The molecule has 0 amide bonds.